The van der Waals surface area contributed by atoms with Crippen LogP contribution in [-0.4, -0.2) is 19.9 Å². The standard InChI is InChI=1S/C10H9FN2O4S/c1-3-4-12-18(16,17)10-6-9(13(14)15)8(11)5-7(10)2/h1,5-6,12H,4H2,2H3. The number of nitro benzene ring substituents is 1. The zero-order valence-electron chi connectivity index (χ0n) is 9.31. The largest absolute Gasteiger partial charge is 0.306 e. The minimum atomic E-state index is -3.99. The van der Waals surface area contributed by atoms with Crippen molar-refractivity contribution in [3.8, 4) is 12.3 Å². The molecule has 0 heterocycles. The molecule has 0 aliphatic rings. The second-order valence-corrected chi connectivity index (χ2v) is 5.09. The van der Waals surface area contributed by atoms with Gasteiger partial charge in [0.2, 0.25) is 15.8 Å². The Morgan fingerprint density at radius 1 is 1.56 bits per heavy atom. The van der Waals surface area contributed by atoms with E-state index in [4.69, 9.17) is 6.42 Å². The smallest absolute Gasteiger partial charge is 0.258 e. The van der Waals surface area contributed by atoms with Crippen LogP contribution in [0.25, 0.3) is 0 Å². The Morgan fingerprint density at radius 3 is 2.67 bits per heavy atom. The lowest BCUT2D eigenvalue weighted by Crippen LogP contribution is -2.24. The van der Waals surface area contributed by atoms with E-state index in [1.807, 2.05) is 4.72 Å². The van der Waals surface area contributed by atoms with Crippen molar-refractivity contribution in [3.63, 3.8) is 0 Å². The van der Waals surface area contributed by atoms with E-state index in [2.05, 4.69) is 5.92 Å². The fourth-order valence-electron chi connectivity index (χ4n) is 1.29. The molecule has 0 saturated carbocycles. The highest BCUT2D eigenvalue weighted by molar-refractivity contribution is 7.89. The second-order valence-electron chi connectivity index (χ2n) is 3.35. The molecule has 6 nitrogen and oxygen atoms in total. The van der Waals surface area contributed by atoms with E-state index in [1.165, 1.54) is 6.92 Å². The highest BCUT2D eigenvalue weighted by Crippen LogP contribution is 2.24. The minimum Gasteiger partial charge on any atom is -0.258 e. The molecular weight excluding hydrogens is 263 g/mol. The zero-order valence-corrected chi connectivity index (χ0v) is 10.1. The molecule has 0 aliphatic heterocycles. The molecule has 0 radical (unpaired) electrons. The third kappa shape index (κ3) is 2.82. The van der Waals surface area contributed by atoms with Crippen molar-refractivity contribution in [1.82, 2.24) is 4.72 Å². The van der Waals surface area contributed by atoms with Gasteiger partial charge >= 0.3 is 5.69 Å². The van der Waals surface area contributed by atoms with E-state index in [9.17, 15) is 22.9 Å². The summed E-state index contributed by atoms with van der Waals surface area (Å²) in [5.41, 5.74) is -0.843. The van der Waals surface area contributed by atoms with Crippen LogP contribution >= 0.6 is 0 Å². The number of halogens is 1. The highest BCUT2D eigenvalue weighted by atomic mass is 32.2. The number of sulfonamides is 1. The van der Waals surface area contributed by atoms with Crippen LogP contribution in [0.5, 0.6) is 0 Å². The van der Waals surface area contributed by atoms with Gasteiger partial charge in [0.05, 0.1) is 16.4 Å². The van der Waals surface area contributed by atoms with E-state index in [1.54, 1.807) is 0 Å². The van der Waals surface area contributed by atoms with Gasteiger partial charge in [-0.25, -0.2) is 8.42 Å². The van der Waals surface area contributed by atoms with Gasteiger partial charge in [-0.05, 0) is 18.6 Å². The lowest BCUT2D eigenvalue weighted by atomic mass is 10.2. The molecule has 0 amide bonds. The number of nitrogens with zero attached hydrogens (tertiary/aromatic N) is 1. The van der Waals surface area contributed by atoms with Crippen LogP contribution in [0.3, 0.4) is 0 Å². The lowest BCUT2D eigenvalue weighted by molar-refractivity contribution is -0.387. The van der Waals surface area contributed by atoms with Gasteiger partial charge in [-0.2, -0.15) is 9.11 Å². The van der Waals surface area contributed by atoms with Crippen molar-refractivity contribution >= 4 is 15.7 Å². The summed E-state index contributed by atoms with van der Waals surface area (Å²) < 4.78 is 38.8. The van der Waals surface area contributed by atoms with Crippen molar-refractivity contribution in [2.75, 3.05) is 6.54 Å². The van der Waals surface area contributed by atoms with Gasteiger partial charge in [0.1, 0.15) is 0 Å². The lowest BCUT2D eigenvalue weighted by Gasteiger charge is -2.07. The SMILES string of the molecule is C#CCNS(=O)(=O)c1cc([N+](=O)[O-])c(F)cc1C. The molecule has 1 rings (SSSR count). The third-order valence-electron chi connectivity index (χ3n) is 2.09. The summed E-state index contributed by atoms with van der Waals surface area (Å²) in [5.74, 6) is 0.974. The molecule has 96 valence electrons. The maximum absolute atomic E-state index is 13.2. The first-order chi connectivity index (χ1) is 8.29. The number of terminal acetylenes is 1. The molecule has 0 unspecified atom stereocenters. The predicted molar refractivity (Wildman–Crippen MR) is 61.8 cm³/mol. The number of hydrogen-bond donors (Lipinski definition) is 1. The zero-order chi connectivity index (χ0) is 13.9. The number of rotatable bonds is 4. The molecule has 18 heavy (non-hydrogen) atoms. The van der Waals surface area contributed by atoms with Crippen molar-refractivity contribution in [3.05, 3.63) is 33.6 Å². The van der Waals surface area contributed by atoms with Crippen molar-refractivity contribution in [2.24, 2.45) is 0 Å². The highest BCUT2D eigenvalue weighted by Gasteiger charge is 2.23. The molecule has 0 atom stereocenters. The predicted octanol–water partition coefficient (Wildman–Crippen LogP) is 0.954. The quantitative estimate of drug-likeness (QED) is 0.502. The van der Waals surface area contributed by atoms with E-state index >= 15 is 0 Å². The fourth-order valence-corrected chi connectivity index (χ4v) is 2.46. The summed E-state index contributed by atoms with van der Waals surface area (Å²) >= 11 is 0. The topological polar surface area (TPSA) is 89.3 Å². The summed E-state index contributed by atoms with van der Waals surface area (Å²) in [4.78, 5) is 9.18. The van der Waals surface area contributed by atoms with Crippen molar-refractivity contribution in [1.29, 1.82) is 0 Å². The first-order valence-corrected chi connectivity index (χ1v) is 6.15. The average molecular weight is 272 g/mol. The molecule has 0 spiro atoms. The molecule has 1 aromatic rings. The molecule has 0 fully saturated rings. The Balaban J connectivity index is 3.38. The third-order valence-corrected chi connectivity index (χ3v) is 3.64. The summed E-state index contributed by atoms with van der Waals surface area (Å²) in [6.45, 7) is 1.07. The van der Waals surface area contributed by atoms with E-state index < -0.39 is 26.5 Å². The first-order valence-electron chi connectivity index (χ1n) is 4.67. The molecule has 0 bridgehead atoms. The number of nitro groups is 1. The normalized spacial score (nSPS) is 10.9. The summed E-state index contributed by atoms with van der Waals surface area (Å²) in [7, 11) is -3.99. The molecule has 0 saturated heterocycles. The van der Waals surface area contributed by atoms with Crippen LogP contribution < -0.4 is 4.72 Å². The van der Waals surface area contributed by atoms with Crippen LogP contribution in [0.1, 0.15) is 5.56 Å². The van der Waals surface area contributed by atoms with Gasteiger partial charge in [-0.15, -0.1) is 6.42 Å². The fraction of sp³-hybridized carbons (Fsp3) is 0.200. The van der Waals surface area contributed by atoms with Crippen molar-refractivity contribution in [2.45, 2.75) is 11.8 Å². The van der Waals surface area contributed by atoms with E-state index in [-0.39, 0.29) is 17.0 Å². The molecular formula is C10H9FN2O4S. The van der Waals surface area contributed by atoms with Crippen LogP contribution in [0.4, 0.5) is 10.1 Å². The average Bonchev–Trinajstić information content (AvgIpc) is 2.25. The number of nitrogens with one attached hydrogen (secondary N) is 1. The number of hydrogen-bond acceptors (Lipinski definition) is 4. The van der Waals surface area contributed by atoms with Crippen LogP contribution in [0.15, 0.2) is 17.0 Å². The van der Waals surface area contributed by atoms with Crippen LogP contribution in [0.2, 0.25) is 0 Å². The summed E-state index contributed by atoms with van der Waals surface area (Å²) in [5, 5.41) is 10.5. The number of benzene rings is 1. The first kappa shape index (κ1) is 14.1. The molecule has 8 heteroatoms. The van der Waals surface area contributed by atoms with Gasteiger partial charge in [0, 0.05) is 6.07 Å². The molecule has 0 aliphatic carbocycles. The number of aryl methyl sites for hydroxylation is 1. The van der Waals surface area contributed by atoms with Crippen LogP contribution in [0, 0.1) is 35.2 Å². The van der Waals surface area contributed by atoms with Gasteiger partial charge in [-0.1, -0.05) is 5.92 Å². The second kappa shape index (κ2) is 5.12. The van der Waals surface area contributed by atoms with E-state index in [0.717, 1.165) is 6.07 Å². The van der Waals surface area contributed by atoms with Crippen molar-refractivity contribution < 1.29 is 17.7 Å². The maximum atomic E-state index is 13.2. The van der Waals surface area contributed by atoms with Gasteiger partial charge in [0.25, 0.3) is 0 Å². The molecule has 0 aromatic heterocycles. The summed E-state index contributed by atoms with van der Waals surface area (Å²) in [6.07, 6.45) is 4.91. The molecule has 1 N–H and O–H groups in total. The van der Waals surface area contributed by atoms with Gasteiger partial charge in [-0.3, -0.25) is 10.1 Å². The summed E-state index contributed by atoms with van der Waals surface area (Å²) in [6, 6.07) is 1.46. The van der Waals surface area contributed by atoms with Gasteiger partial charge < -0.3 is 0 Å². The Bertz CT molecular complexity index is 634. The van der Waals surface area contributed by atoms with E-state index in [0.29, 0.717) is 6.07 Å². The Morgan fingerprint density at radius 2 is 2.17 bits per heavy atom. The Kier molecular flexibility index (Phi) is 4.00. The van der Waals surface area contributed by atoms with Crippen LogP contribution in [-0.2, 0) is 10.0 Å². The molecule has 1 aromatic carbocycles. The Labute approximate surface area is 103 Å². The monoisotopic (exact) mass is 272 g/mol. The minimum absolute atomic E-state index is 0.0580. The maximum Gasteiger partial charge on any atom is 0.306 e. The van der Waals surface area contributed by atoms with Gasteiger partial charge in [0.15, 0.2) is 0 Å². The Hall–Kier alpha value is -1.98.